The number of sulfonamides is 1. The number of carbonyl (C=O) groups is 1. The highest BCUT2D eigenvalue weighted by Gasteiger charge is 2.28. The summed E-state index contributed by atoms with van der Waals surface area (Å²) in [5.41, 5.74) is 0.326. The highest BCUT2D eigenvalue weighted by molar-refractivity contribution is 7.89. The largest absolute Gasteiger partial charge is 0.360 e. The molecule has 9 heteroatoms. The fraction of sp³-hybridized carbons (Fsp3) is 0.636. The molecule has 20 heavy (non-hydrogen) atoms. The van der Waals surface area contributed by atoms with Gasteiger partial charge < -0.3 is 14.7 Å². The number of aromatic nitrogens is 1. The number of hydrogen-bond donors (Lipinski definition) is 1. The summed E-state index contributed by atoms with van der Waals surface area (Å²) in [7, 11) is 1.01. The Morgan fingerprint density at radius 1 is 1.30 bits per heavy atom. The first-order chi connectivity index (χ1) is 9.17. The number of likely N-dealkylation sites (N-methyl/N-ethyl adjacent to an activating group) is 1. The lowest BCUT2D eigenvalue weighted by molar-refractivity contribution is 0.217. The SMILES string of the molecule is Cc1noc(C)c1S(=O)(=O)N(C)CCNC(=O)N(C)C. The molecule has 2 amide bonds. The Balaban J connectivity index is 2.72. The minimum atomic E-state index is -3.66. The number of hydrogen-bond acceptors (Lipinski definition) is 5. The molecular weight excluding hydrogens is 284 g/mol. The van der Waals surface area contributed by atoms with Gasteiger partial charge in [-0.15, -0.1) is 0 Å². The van der Waals surface area contributed by atoms with E-state index in [1.54, 1.807) is 27.9 Å². The van der Waals surface area contributed by atoms with Crippen LogP contribution in [0.3, 0.4) is 0 Å². The molecule has 1 heterocycles. The van der Waals surface area contributed by atoms with Crippen molar-refractivity contribution >= 4 is 16.1 Å². The van der Waals surface area contributed by atoms with Crippen molar-refractivity contribution in [3.8, 4) is 0 Å². The molecule has 0 fully saturated rings. The summed E-state index contributed by atoms with van der Waals surface area (Å²) < 4.78 is 30.7. The molecular formula is C11H20N4O4S. The van der Waals surface area contributed by atoms with E-state index in [1.165, 1.54) is 11.9 Å². The van der Waals surface area contributed by atoms with Crippen LogP contribution in [-0.4, -0.2) is 63.0 Å². The normalized spacial score (nSPS) is 11.7. The second-order valence-corrected chi connectivity index (χ2v) is 6.59. The van der Waals surface area contributed by atoms with Crippen LogP contribution in [0.15, 0.2) is 9.42 Å². The molecule has 0 bridgehead atoms. The van der Waals surface area contributed by atoms with Gasteiger partial charge in [0.1, 0.15) is 10.6 Å². The molecule has 8 nitrogen and oxygen atoms in total. The first-order valence-electron chi connectivity index (χ1n) is 6.02. The van der Waals surface area contributed by atoms with Crippen LogP contribution in [0.25, 0.3) is 0 Å². The van der Waals surface area contributed by atoms with Gasteiger partial charge in [0, 0.05) is 34.2 Å². The van der Waals surface area contributed by atoms with Crippen LogP contribution in [0.4, 0.5) is 4.79 Å². The molecule has 0 aliphatic carbocycles. The van der Waals surface area contributed by atoms with E-state index in [4.69, 9.17) is 4.52 Å². The minimum Gasteiger partial charge on any atom is -0.360 e. The fourth-order valence-electron chi connectivity index (χ4n) is 1.60. The summed E-state index contributed by atoms with van der Waals surface area (Å²) in [5, 5.41) is 6.24. The third kappa shape index (κ3) is 3.48. The fourth-order valence-corrected chi connectivity index (χ4v) is 3.05. The van der Waals surface area contributed by atoms with Gasteiger partial charge in [-0.2, -0.15) is 4.31 Å². The van der Waals surface area contributed by atoms with Crippen molar-refractivity contribution in [3.05, 3.63) is 11.5 Å². The van der Waals surface area contributed by atoms with E-state index in [9.17, 15) is 13.2 Å². The zero-order valence-electron chi connectivity index (χ0n) is 12.3. The molecule has 0 unspecified atom stereocenters. The van der Waals surface area contributed by atoms with Gasteiger partial charge >= 0.3 is 6.03 Å². The number of nitrogens with zero attached hydrogens (tertiary/aromatic N) is 3. The van der Waals surface area contributed by atoms with Crippen molar-refractivity contribution in [2.45, 2.75) is 18.7 Å². The van der Waals surface area contributed by atoms with Crippen LogP contribution >= 0.6 is 0 Å². The smallest absolute Gasteiger partial charge is 0.316 e. The monoisotopic (exact) mass is 304 g/mol. The van der Waals surface area contributed by atoms with Crippen molar-refractivity contribution in [2.75, 3.05) is 34.2 Å². The van der Waals surface area contributed by atoms with Gasteiger partial charge in [0.2, 0.25) is 10.0 Å². The van der Waals surface area contributed by atoms with E-state index in [0.29, 0.717) is 5.69 Å². The predicted molar refractivity (Wildman–Crippen MR) is 72.9 cm³/mol. The zero-order chi connectivity index (χ0) is 15.5. The summed E-state index contributed by atoms with van der Waals surface area (Å²) in [4.78, 5) is 12.8. The highest BCUT2D eigenvalue weighted by atomic mass is 32.2. The molecule has 1 aromatic rings. The van der Waals surface area contributed by atoms with Crippen LogP contribution in [0.1, 0.15) is 11.5 Å². The van der Waals surface area contributed by atoms with Gasteiger partial charge in [0.15, 0.2) is 5.76 Å². The summed E-state index contributed by atoms with van der Waals surface area (Å²) in [6, 6.07) is -0.270. The first-order valence-corrected chi connectivity index (χ1v) is 7.46. The van der Waals surface area contributed by atoms with Crippen LogP contribution in [0.2, 0.25) is 0 Å². The van der Waals surface area contributed by atoms with Gasteiger partial charge in [0.05, 0.1) is 0 Å². The van der Waals surface area contributed by atoms with E-state index >= 15 is 0 Å². The molecule has 0 aliphatic heterocycles. The lowest BCUT2D eigenvalue weighted by Gasteiger charge is -2.18. The maximum atomic E-state index is 12.3. The van der Waals surface area contributed by atoms with E-state index in [2.05, 4.69) is 10.5 Å². The quantitative estimate of drug-likeness (QED) is 0.837. The average molecular weight is 304 g/mol. The maximum absolute atomic E-state index is 12.3. The predicted octanol–water partition coefficient (Wildman–Crippen LogP) is 0.183. The van der Waals surface area contributed by atoms with Crippen LogP contribution < -0.4 is 5.32 Å². The molecule has 0 saturated carbocycles. The standard InChI is InChI=1S/C11H20N4O4S/c1-8-10(9(2)19-13-8)20(17,18)15(5)7-6-12-11(16)14(3)4/h6-7H2,1-5H3,(H,12,16). The number of nitrogens with one attached hydrogen (secondary N) is 1. The Labute approximate surface area is 118 Å². The van der Waals surface area contributed by atoms with Gasteiger partial charge in [-0.1, -0.05) is 5.16 Å². The first kappa shape index (κ1) is 16.4. The third-order valence-electron chi connectivity index (χ3n) is 2.75. The van der Waals surface area contributed by atoms with E-state index < -0.39 is 10.0 Å². The van der Waals surface area contributed by atoms with Gasteiger partial charge in [-0.3, -0.25) is 0 Å². The molecule has 0 radical (unpaired) electrons. The van der Waals surface area contributed by atoms with Crippen LogP contribution in [-0.2, 0) is 10.0 Å². The van der Waals surface area contributed by atoms with E-state index in [-0.39, 0.29) is 29.8 Å². The zero-order valence-corrected chi connectivity index (χ0v) is 13.1. The van der Waals surface area contributed by atoms with Crippen molar-refractivity contribution < 1.29 is 17.7 Å². The average Bonchev–Trinajstić information content (AvgIpc) is 2.68. The van der Waals surface area contributed by atoms with Crippen molar-refractivity contribution in [1.82, 2.24) is 19.7 Å². The Hall–Kier alpha value is -1.61. The van der Waals surface area contributed by atoms with E-state index in [0.717, 1.165) is 4.31 Å². The topological polar surface area (TPSA) is 95.7 Å². The summed E-state index contributed by atoms with van der Waals surface area (Å²) >= 11 is 0. The lowest BCUT2D eigenvalue weighted by atomic mass is 10.4. The molecule has 1 N–H and O–H groups in total. The molecule has 114 valence electrons. The molecule has 0 atom stereocenters. The van der Waals surface area contributed by atoms with Gasteiger partial charge in [0.25, 0.3) is 0 Å². The molecule has 0 saturated heterocycles. The van der Waals surface area contributed by atoms with E-state index in [1.807, 2.05) is 0 Å². The van der Waals surface area contributed by atoms with Crippen LogP contribution in [0, 0.1) is 13.8 Å². The molecule has 0 aliphatic rings. The second kappa shape index (κ2) is 6.23. The molecule has 0 spiro atoms. The Kier molecular flexibility index (Phi) is 5.12. The number of amides is 2. The Morgan fingerprint density at radius 2 is 1.90 bits per heavy atom. The minimum absolute atomic E-state index is 0.0823. The Bertz CT molecular complexity index is 560. The number of urea groups is 1. The maximum Gasteiger partial charge on any atom is 0.316 e. The number of rotatable bonds is 5. The summed E-state index contributed by atoms with van der Waals surface area (Å²) in [5.74, 6) is 0.256. The Morgan fingerprint density at radius 3 is 2.35 bits per heavy atom. The lowest BCUT2D eigenvalue weighted by Crippen LogP contribution is -2.40. The summed E-state index contributed by atoms with van der Waals surface area (Å²) in [6.45, 7) is 3.50. The number of carbonyl (C=O) groups excluding carboxylic acids is 1. The number of aryl methyl sites for hydroxylation is 2. The third-order valence-corrected chi connectivity index (χ3v) is 4.85. The van der Waals surface area contributed by atoms with Gasteiger partial charge in [-0.25, -0.2) is 13.2 Å². The van der Waals surface area contributed by atoms with Gasteiger partial charge in [-0.05, 0) is 13.8 Å². The second-order valence-electron chi connectivity index (χ2n) is 4.61. The summed E-state index contributed by atoms with van der Waals surface area (Å²) in [6.07, 6.45) is 0. The molecule has 1 rings (SSSR count). The van der Waals surface area contributed by atoms with Crippen molar-refractivity contribution in [2.24, 2.45) is 0 Å². The molecule has 0 aromatic carbocycles. The van der Waals surface area contributed by atoms with Crippen molar-refractivity contribution in [3.63, 3.8) is 0 Å². The van der Waals surface area contributed by atoms with Crippen molar-refractivity contribution in [1.29, 1.82) is 0 Å². The highest BCUT2D eigenvalue weighted by Crippen LogP contribution is 2.21. The molecule has 1 aromatic heterocycles. The van der Waals surface area contributed by atoms with Crippen LogP contribution in [0.5, 0.6) is 0 Å².